The molecule has 0 unspecified atom stereocenters. The highest BCUT2D eigenvalue weighted by Crippen LogP contribution is 2.16. The van der Waals surface area contributed by atoms with Crippen LogP contribution in [0.1, 0.15) is 11.1 Å². The SMILES string of the molecule is C=CCOc1ccc(CN(C)CC(=O)NCc2ccccc2OC)cc1. The second-order valence-electron chi connectivity index (χ2n) is 6.00. The molecule has 0 saturated carbocycles. The van der Waals surface area contributed by atoms with E-state index in [9.17, 15) is 4.79 Å². The number of nitrogens with zero attached hydrogens (tertiary/aromatic N) is 1. The highest BCUT2D eigenvalue weighted by molar-refractivity contribution is 5.78. The molecular weight excluding hydrogens is 328 g/mol. The predicted molar refractivity (Wildman–Crippen MR) is 103 cm³/mol. The van der Waals surface area contributed by atoms with E-state index in [0.717, 1.165) is 22.6 Å². The third-order valence-electron chi connectivity index (χ3n) is 3.83. The van der Waals surface area contributed by atoms with Gasteiger partial charge in [-0.25, -0.2) is 0 Å². The first-order chi connectivity index (χ1) is 12.6. The van der Waals surface area contributed by atoms with Gasteiger partial charge in [0.15, 0.2) is 0 Å². The third-order valence-corrected chi connectivity index (χ3v) is 3.83. The summed E-state index contributed by atoms with van der Waals surface area (Å²) in [5.74, 6) is 1.56. The molecule has 0 aromatic heterocycles. The summed E-state index contributed by atoms with van der Waals surface area (Å²) in [6.07, 6.45) is 1.71. The Morgan fingerprint density at radius 3 is 2.62 bits per heavy atom. The van der Waals surface area contributed by atoms with Crippen molar-refractivity contribution >= 4 is 5.91 Å². The zero-order chi connectivity index (χ0) is 18.8. The summed E-state index contributed by atoms with van der Waals surface area (Å²) in [5.41, 5.74) is 2.08. The molecule has 0 heterocycles. The maximum Gasteiger partial charge on any atom is 0.234 e. The Balaban J connectivity index is 1.78. The molecule has 5 nitrogen and oxygen atoms in total. The van der Waals surface area contributed by atoms with E-state index in [1.807, 2.05) is 60.5 Å². The summed E-state index contributed by atoms with van der Waals surface area (Å²) in [6, 6.07) is 15.5. The Labute approximate surface area is 155 Å². The fourth-order valence-electron chi connectivity index (χ4n) is 2.56. The normalized spacial score (nSPS) is 10.4. The third kappa shape index (κ3) is 6.26. The maximum atomic E-state index is 12.2. The van der Waals surface area contributed by atoms with Gasteiger partial charge in [0.2, 0.25) is 5.91 Å². The van der Waals surface area contributed by atoms with Crippen molar-refractivity contribution in [1.29, 1.82) is 0 Å². The first kappa shape index (κ1) is 19.5. The van der Waals surface area contributed by atoms with Crippen LogP contribution in [0.25, 0.3) is 0 Å². The molecule has 0 spiro atoms. The lowest BCUT2D eigenvalue weighted by Gasteiger charge is -2.17. The Hall–Kier alpha value is -2.79. The van der Waals surface area contributed by atoms with E-state index in [2.05, 4.69) is 11.9 Å². The number of nitrogens with one attached hydrogen (secondary N) is 1. The number of ether oxygens (including phenoxy) is 2. The van der Waals surface area contributed by atoms with Gasteiger partial charge in [0.1, 0.15) is 18.1 Å². The molecule has 0 fully saturated rings. The van der Waals surface area contributed by atoms with E-state index >= 15 is 0 Å². The van der Waals surface area contributed by atoms with E-state index in [1.54, 1.807) is 13.2 Å². The number of methoxy groups -OCH3 is 1. The van der Waals surface area contributed by atoms with Crippen LogP contribution < -0.4 is 14.8 Å². The quantitative estimate of drug-likeness (QED) is 0.667. The van der Waals surface area contributed by atoms with Gasteiger partial charge < -0.3 is 14.8 Å². The minimum Gasteiger partial charge on any atom is -0.496 e. The van der Waals surface area contributed by atoms with Crippen LogP contribution in [0.15, 0.2) is 61.2 Å². The lowest BCUT2D eigenvalue weighted by atomic mass is 10.2. The van der Waals surface area contributed by atoms with Gasteiger partial charge in [-0.05, 0) is 30.8 Å². The van der Waals surface area contributed by atoms with Crippen molar-refractivity contribution in [3.63, 3.8) is 0 Å². The second kappa shape index (κ2) is 10.3. The van der Waals surface area contributed by atoms with Crippen molar-refractivity contribution in [2.45, 2.75) is 13.1 Å². The Kier molecular flexibility index (Phi) is 7.71. The number of rotatable bonds is 10. The van der Waals surface area contributed by atoms with Crippen LogP contribution in [-0.4, -0.2) is 38.1 Å². The second-order valence-corrected chi connectivity index (χ2v) is 6.00. The topological polar surface area (TPSA) is 50.8 Å². The number of para-hydroxylation sites is 1. The molecule has 0 bridgehead atoms. The lowest BCUT2D eigenvalue weighted by molar-refractivity contribution is -0.122. The molecule has 0 aliphatic heterocycles. The molecule has 0 saturated heterocycles. The number of amides is 1. The molecule has 26 heavy (non-hydrogen) atoms. The van der Waals surface area contributed by atoms with E-state index < -0.39 is 0 Å². The summed E-state index contributed by atoms with van der Waals surface area (Å²) in [5, 5.41) is 2.93. The van der Waals surface area contributed by atoms with Crippen molar-refractivity contribution in [2.75, 3.05) is 27.3 Å². The van der Waals surface area contributed by atoms with Crippen LogP contribution in [0.5, 0.6) is 11.5 Å². The van der Waals surface area contributed by atoms with Crippen molar-refractivity contribution in [3.8, 4) is 11.5 Å². The van der Waals surface area contributed by atoms with Crippen LogP contribution in [0.2, 0.25) is 0 Å². The summed E-state index contributed by atoms with van der Waals surface area (Å²) >= 11 is 0. The van der Waals surface area contributed by atoms with E-state index in [-0.39, 0.29) is 5.91 Å². The maximum absolute atomic E-state index is 12.2. The first-order valence-corrected chi connectivity index (χ1v) is 8.52. The number of carbonyl (C=O) groups is 1. The summed E-state index contributed by atoms with van der Waals surface area (Å²) < 4.78 is 10.8. The average Bonchev–Trinajstić information content (AvgIpc) is 2.66. The molecule has 2 aromatic carbocycles. The van der Waals surface area contributed by atoms with Gasteiger partial charge in [-0.2, -0.15) is 0 Å². The van der Waals surface area contributed by atoms with Gasteiger partial charge in [0.05, 0.1) is 13.7 Å². The minimum atomic E-state index is -0.0238. The number of benzene rings is 2. The van der Waals surface area contributed by atoms with Gasteiger partial charge in [0.25, 0.3) is 0 Å². The number of carbonyl (C=O) groups excluding carboxylic acids is 1. The smallest absolute Gasteiger partial charge is 0.234 e. The number of hydrogen-bond donors (Lipinski definition) is 1. The van der Waals surface area contributed by atoms with Crippen LogP contribution in [0.3, 0.4) is 0 Å². The largest absolute Gasteiger partial charge is 0.496 e. The summed E-state index contributed by atoms with van der Waals surface area (Å²) in [7, 11) is 3.55. The minimum absolute atomic E-state index is 0.0238. The van der Waals surface area contributed by atoms with Crippen LogP contribution in [-0.2, 0) is 17.9 Å². The first-order valence-electron chi connectivity index (χ1n) is 8.52. The standard InChI is InChI=1S/C21H26N2O3/c1-4-13-26-19-11-9-17(10-12-19)15-23(2)16-21(24)22-14-18-7-5-6-8-20(18)25-3/h4-12H,1,13-16H2,2-3H3,(H,22,24). The van der Waals surface area contributed by atoms with Gasteiger partial charge >= 0.3 is 0 Å². The zero-order valence-corrected chi connectivity index (χ0v) is 15.4. The number of likely N-dealkylation sites (N-methyl/N-ethyl adjacent to an activating group) is 1. The molecule has 2 aromatic rings. The fourth-order valence-corrected chi connectivity index (χ4v) is 2.56. The highest BCUT2D eigenvalue weighted by atomic mass is 16.5. The molecule has 138 valence electrons. The lowest BCUT2D eigenvalue weighted by Crippen LogP contribution is -2.34. The van der Waals surface area contributed by atoms with E-state index in [1.165, 1.54) is 0 Å². The molecule has 0 aliphatic carbocycles. The number of hydrogen-bond acceptors (Lipinski definition) is 4. The van der Waals surface area contributed by atoms with Crippen LogP contribution in [0.4, 0.5) is 0 Å². The summed E-state index contributed by atoms with van der Waals surface area (Å²) in [6.45, 7) is 5.58. The predicted octanol–water partition coefficient (Wildman–Crippen LogP) is 3.01. The molecule has 1 N–H and O–H groups in total. The molecule has 1 amide bonds. The Bertz CT molecular complexity index is 713. The van der Waals surface area contributed by atoms with Crippen molar-refractivity contribution in [3.05, 3.63) is 72.3 Å². The molecule has 2 rings (SSSR count). The van der Waals surface area contributed by atoms with Crippen molar-refractivity contribution < 1.29 is 14.3 Å². The Morgan fingerprint density at radius 2 is 1.92 bits per heavy atom. The fraction of sp³-hybridized carbons (Fsp3) is 0.286. The zero-order valence-electron chi connectivity index (χ0n) is 15.4. The van der Waals surface area contributed by atoms with Gasteiger partial charge in [0, 0.05) is 18.7 Å². The van der Waals surface area contributed by atoms with Crippen molar-refractivity contribution in [1.82, 2.24) is 10.2 Å². The average molecular weight is 354 g/mol. The van der Waals surface area contributed by atoms with Crippen molar-refractivity contribution in [2.24, 2.45) is 0 Å². The van der Waals surface area contributed by atoms with E-state index in [0.29, 0.717) is 26.2 Å². The van der Waals surface area contributed by atoms with Gasteiger partial charge in [-0.3, -0.25) is 9.69 Å². The van der Waals surface area contributed by atoms with Gasteiger partial charge in [-0.15, -0.1) is 0 Å². The van der Waals surface area contributed by atoms with E-state index in [4.69, 9.17) is 9.47 Å². The molecule has 0 radical (unpaired) electrons. The van der Waals surface area contributed by atoms with Crippen LogP contribution in [0, 0.1) is 0 Å². The summed E-state index contributed by atoms with van der Waals surface area (Å²) in [4.78, 5) is 14.1. The molecular formula is C21H26N2O3. The molecule has 5 heteroatoms. The molecule has 0 atom stereocenters. The monoisotopic (exact) mass is 354 g/mol. The highest BCUT2D eigenvalue weighted by Gasteiger charge is 2.09. The molecule has 0 aliphatic rings. The Morgan fingerprint density at radius 1 is 1.19 bits per heavy atom. The van der Waals surface area contributed by atoms with Gasteiger partial charge in [-0.1, -0.05) is 43.0 Å². The van der Waals surface area contributed by atoms with Crippen LogP contribution >= 0.6 is 0 Å².